The molecule has 0 N–H and O–H groups in total. The van der Waals surface area contributed by atoms with Crippen molar-refractivity contribution in [3.05, 3.63) is 36.5 Å². The van der Waals surface area contributed by atoms with Crippen LogP contribution in [0.4, 0.5) is 0 Å². The molecule has 0 aromatic heterocycles. The highest BCUT2D eigenvalue weighted by molar-refractivity contribution is 4.99. The Morgan fingerprint density at radius 2 is 1.86 bits per heavy atom. The van der Waals surface area contributed by atoms with E-state index in [1.54, 1.807) is 0 Å². The van der Waals surface area contributed by atoms with Gasteiger partial charge in [0.05, 0.1) is 0 Å². The van der Waals surface area contributed by atoms with E-state index in [2.05, 4.69) is 51.7 Å². The largest absolute Gasteiger partial charge is 0.0998 e. The van der Waals surface area contributed by atoms with E-state index in [9.17, 15) is 0 Å². The van der Waals surface area contributed by atoms with E-state index in [0.29, 0.717) is 5.92 Å². The Bertz CT molecular complexity index is 172. The van der Waals surface area contributed by atoms with Crippen LogP contribution >= 0.6 is 0 Å². The van der Waals surface area contributed by atoms with Gasteiger partial charge in [-0.1, -0.05) is 57.2 Å². The molecule has 0 saturated heterocycles. The predicted molar refractivity (Wildman–Crippen MR) is 68.5 cm³/mol. The summed E-state index contributed by atoms with van der Waals surface area (Å²) in [6.07, 6.45) is 10.9. The fourth-order valence-electron chi connectivity index (χ4n) is 1.00. The summed E-state index contributed by atoms with van der Waals surface area (Å²) in [5, 5.41) is 0. The second-order valence-corrected chi connectivity index (χ2v) is 3.37. The van der Waals surface area contributed by atoms with Gasteiger partial charge in [0, 0.05) is 0 Å². The molecule has 0 heterocycles. The van der Waals surface area contributed by atoms with Crippen LogP contribution in [0.3, 0.4) is 0 Å². The Hall–Kier alpha value is -0.780. The van der Waals surface area contributed by atoms with Gasteiger partial charge in [0.25, 0.3) is 0 Å². The van der Waals surface area contributed by atoms with Crippen LogP contribution < -0.4 is 0 Å². The molecule has 0 aromatic rings. The molecule has 0 heteroatoms. The van der Waals surface area contributed by atoms with Crippen molar-refractivity contribution in [2.24, 2.45) is 5.92 Å². The van der Waals surface area contributed by atoms with Gasteiger partial charge in [-0.15, -0.1) is 0 Å². The molecule has 0 aliphatic carbocycles. The van der Waals surface area contributed by atoms with Crippen molar-refractivity contribution in [3.8, 4) is 0 Å². The Morgan fingerprint density at radius 3 is 2.29 bits per heavy atom. The summed E-state index contributed by atoms with van der Waals surface area (Å²) < 4.78 is 0. The Morgan fingerprint density at radius 1 is 1.29 bits per heavy atom. The van der Waals surface area contributed by atoms with Crippen molar-refractivity contribution in [1.29, 1.82) is 0 Å². The summed E-state index contributed by atoms with van der Waals surface area (Å²) in [4.78, 5) is 0. The van der Waals surface area contributed by atoms with Gasteiger partial charge in [-0.3, -0.25) is 0 Å². The first-order valence-electron chi connectivity index (χ1n) is 5.59. The lowest BCUT2D eigenvalue weighted by molar-refractivity contribution is 0.741. The third-order valence-corrected chi connectivity index (χ3v) is 1.66. The zero-order valence-electron chi connectivity index (χ0n) is 10.5. The van der Waals surface area contributed by atoms with Crippen LogP contribution in [0.25, 0.3) is 0 Å². The Balaban J connectivity index is 0. The molecule has 1 unspecified atom stereocenters. The van der Waals surface area contributed by atoms with Crippen LogP contribution in [0.15, 0.2) is 36.5 Å². The van der Waals surface area contributed by atoms with Gasteiger partial charge in [-0.25, -0.2) is 0 Å². The number of allylic oxidation sites excluding steroid dienone is 5. The van der Waals surface area contributed by atoms with Crippen molar-refractivity contribution >= 4 is 0 Å². The number of hydrogen-bond acceptors (Lipinski definition) is 0. The van der Waals surface area contributed by atoms with E-state index in [4.69, 9.17) is 0 Å². The molecule has 0 spiro atoms. The minimum Gasteiger partial charge on any atom is -0.0998 e. The molecule has 0 rings (SSSR count). The summed E-state index contributed by atoms with van der Waals surface area (Å²) >= 11 is 0. The van der Waals surface area contributed by atoms with Crippen molar-refractivity contribution in [1.82, 2.24) is 0 Å². The van der Waals surface area contributed by atoms with Gasteiger partial charge < -0.3 is 0 Å². The zero-order chi connectivity index (χ0) is 11.4. The molecular formula is C14H26. The lowest BCUT2D eigenvalue weighted by Crippen LogP contribution is -1.84. The van der Waals surface area contributed by atoms with Crippen LogP contribution in [0, 0.1) is 5.92 Å². The summed E-state index contributed by atoms with van der Waals surface area (Å²) in [6, 6.07) is 0. The molecule has 82 valence electrons. The molecule has 0 radical (unpaired) electrons. The SMILES string of the molecule is C=C(C)C/C=C\CC(C)C=CC.CC. The fourth-order valence-corrected chi connectivity index (χ4v) is 1.00. The highest BCUT2D eigenvalue weighted by atomic mass is 14.0. The molecule has 14 heavy (non-hydrogen) atoms. The summed E-state index contributed by atoms with van der Waals surface area (Å²) in [5.74, 6) is 0.663. The van der Waals surface area contributed by atoms with E-state index < -0.39 is 0 Å². The maximum atomic E-state index is 3.84. The first-order valence-corrected chi connectivity index (χ1v) is 5.59. The van der Waals surface area contributed by atoms with Gasteiger partial charge in [0.1, 0.15) is 0 Å². The molecule has 0 amide bonds. The number of hydrogen-bond donors (Lipinski definition) is 0. The van der Waals surface area contributed by atoms with Crippen LogP contribution in [0.1, 0.15) is 47.5 Å². The van der Waals surface area contributed by atoms with Crippen LogP contribution in [-0.4, -0.2) is 0 Å². The third kappa shape index (κ3) is 13.8. The smallest absolute Gasteiger partial charge is 0.0144 e. The Labute approximate surface area is 90.4 Å². The van der Waals surface area contributed by atoms with E-state index in [-0.39, 0.29) is 0 Å². The molecule has 0 aromatic carbocycles. The second-order valence-electron chi connectivity index (χ2n) is 3.37. The third-order valence-electron chi connectivity index (χ3n) is 1.66. The normalized spacial score (nSPS) is 12.6. The lowest BCUT2D eigenvalue weighted by atomic mass is 10.1. The van der Waals surface area contributed by atoms with Gasteiger partial charge in [0.2, 0.25) is 0 Å². The maximum absolute atomic E-state index is 3.84. The molecule has 0 nitrogen and oxygen atoms in total. The molecule has 0 fully saturated rings. The van der Waals surface area contributed by atoms with Gasteiger partial charge in [-0.05, 0) is 32.6 Å². The fraction of sp³-hybridized carbons (Fsp3) is 0.571. The minimum atomic E-state index is 0.663. The highest BCUT2D eigenvalue weighted by Gasteiger charge is 1.90. The Kier molecular flexibility index (Phi) is 13.7. The van der Waals surface area contributed by atoms with Crippen LogP contribution in [-0.2, 0) is 0 Å². The van der Waals surface area contributed by atoms with E-state index in [0.717, 1.165) is 12.8 Å². The second kappa shape index (κ2) is 12.2. The van der Waals surface area contributed by atoms with Crippen molar-refractivity contribution in [3.63, 3.8) is 0 Å². The first kappa shape index (κ1) is 15.7. The minimum absolute atomic E-state index is 0.663. The summed E-state index contributed by atoms with van der Waals surface area (Å²) in [6.45, 7) is 14.2. The maximum Gasteiger partial charge on any atom is -0.0144 e. The van der Waals surface area contributed by atoms with Crippen molar-refractivity contribution in [2.45, 2.75) is 47.5 Å². The standard InChI is InChI=1S/C12H20.C2H6/c1-5-8-12(4)10-7-6-9-11(2)3;1-2/h5-8,12H,2,9-10H2,1,3-4H3;1-2H3/b7-6-,8-5?;. The average molecular weight is 194 g/mol. The summed E-state index contributed by atoms with van der Waals surface area (Å²) in [7, 11) is 0. The quantitative estimate of drug-likeness (QED) is 0.532. The molecule has 0 aliphatic heterocycles. The zero-order valence-corrected chi connectivity index (χ0v) is 10.5. The van der Waals surface area contributed by atoms with Crippen LogP contribution in [0.2, 0.25) is 0 Å². The molecular weight excluding hydrogens is 168 g/mol. The monoisotopic (exact) mass is 194 g/mol. The van der Waals surface area contributed by atoms with Crippen LogP contribution in [0.5, 0.6) is 0 Å². The van der Waals surface area contributed by atoms with Gasteiger partial charge in [-0.2, -0.15) is 0 Å². The van der Waals surface area contributed by atoms with Crippen molar-refractivity contribution < 1.29 is 0 Å². The predicted octanol–water partition coefficient (Wildman–Crippen LogP) is 5.14. The molecule has 0 saturated carbocycles. The lowest BCUT2D eigenvalue weighted by Gasteiger charge is -1.99. The topological polar surface area (TPSA) is 0 Å². The first-order chi connectivity index (χ1) is 6.66. The molecule has 0 bridgehead atoms. The average Bonchev–Trinajstić information content (AvgIpc) is 2.16. The van der Waals surface area contributed by atoms with E-state index in [1.165, 1.54) is 5.57 Å². The van der Waals surface area contributed by atoms with Gasteiger partial charge in [0.15, 0.2) is 0 Å². The summed E-state index contributed by atoms with van der Waals surface area (Å²) in [5.41, 5.74) is 1.23. The van der Waals surface area contributed by atoms with E-state index in [1.807, 2.05) is 13.8 Å². The van der Waals surface area contributed by atoms with Crippen molar-refractivity contribution in [2.75, 3.05) is 0 Å². The molecule has 1 atom stereocenters. The van der Waals surface area contributed by atoms with Gasteiger partial charge >= 0.3 is 0 Å². The molecule has 0 aliphatic rings. The van der Waals surface area contributed by atoms with E-state index >= 15 is 0 Å². The number of rotatable bonds is 5. The highest BCUT2D eigenvalue weighted by Crippen LogP contribution is 2.05.